The molecule has 7 heteroatoms. The molecule has 2 fully saturated rings. The molecule has 134 valence electrons. The van der Waals surface area contributed by atoms with E-state index in [1.54, 1.807) is 0 Å². The van der Waals surface area contributed by atoms with Crippen molar-refractivity contribution in [3.8, 4) is 0 Å². The Labute approximate surface area is 148 Å². The standard InChI is InChI=1S/C18H26N6O/c1-14-7-8-16(21-20-14)24-10-4-9-23(11-12-24)13-17-19-18(22-25-17)15-5-2-3-6-15/h7-8,15H,2-6,9-13H2,1H3. The highest BCUT2D eigenvalue weighted by Crippen LogP contribution is 2.32. The minimum atomic E-state index is 0.511. The van der Waals surface area contributed by atoms with E-state index < -0.39 is 0 Å². The van der Waals surface area contributed by atoms with Gasteiger partial charge in [-0.1, -0.05) is 18.0 Å². The van der Waals surface area contributed by atoms with Crippen molar-refractivity contribution in [3.05, 3.63) is 29.5 Å². The molecule has 1 aliphatic carbocycles. The van der Waals surface area contributed by atoms with Crippen molar-refractivity contribution in [2.75, 3.05) is 31.1 Å². The van der Waals surface area contributed by atoms with E-state index in [0.29, 0.717) is 5.92 Å². The van der Waals surface area contributed by atoms with E-state index in [-0.39, 0.29) is 0 Å². The molecule has 1 saturated carbocycles. The second kappa shape index (κ2) is 7.47. The van der Waals surface area contributed by atoms with Crippen molar-refractivity contribution < 1.29 is 4.52 Å². The monoisotopic (exact) mass is 342 g/mol. The highest BCUT2D eigenvalue weighted by atomic mass is 16.5. The number of anilines is 1. The van der Waals surface area contributed by atoms with Gasteiger partial charge in [-0.25, -0.2) is 0 Å². The normalized spacial score (nSPS) is 20.1. The maximum absolute atomic E-state index is 5.51. The molecule has 0 amide bonds. The number of hydrogen-bond acceptors (Lipinski definition) is 7. The predicted octanol–water partition coefficient (Wildman–Crippen LogP) is 2.54. The molecule has 2 aromatic rings. The number of aryl methyl sites for hydroxylation is 1. The van der Waals surface area contributed by atoms with E-state index in [4.69, 9.17) is 4.52 Å². The Hall–Kier alpha value is -2.02. The Morgan fingerprint density at radius 2 is 1.92 bits per heavy atom. The minimum Gasteiger partial charge on any atom is -0.354 e. The summed E-state index contributed by atoms with van der Waals surface area (Å²) < 4.78 is 5.51. The molecule has 0 spiro atoms. The van der Waals surface area contributed by atoms with Crippen LogP contribution in [0, 0.1) is 6.92 Å². The zero-order chi connectivity index (χ0) is 17.1. The van der Waals surface area contributed by atoms with Crippen LogP contribution in [0.1, 0.15) is 55.4 Å². The summed E-state index contributed by atoms with van der Waals surface area (Å²) in [5.41, 5.74) is 0.953. The zero-order valence-corrected chi connectivity index (χ0v) is 14.9. The van der Waals surface area contributed by atoms with Crippen LogP contribution in [-0.2, 0) is 6.54 Å². The van der Waals surface area contributed by atoms with E-state index in [1.165, 1.54) is 25.7 Å². The van der Waals surface area contributed by atoms with Gasteiger partial charge in [0, 0.05) is 32.1 Å². The van der Waals surface area contributed by atoms with Crippen LogP contribution in [-0.4, -0.2) is 51.4 Å². The minimum absolute atomic E-state index is 0.511. The molecule has 3 heterocycles. The molecule has 1 aliphatic heterocycles. The van der Waals surface area contributed by atoms with Crippen LogP contribution in [0.4, 0.5) is 5.82 Å². The molecule has 0 atom stereocenters. The van der Waals surface area contributed by atoms with E-state index in [2.05, 4.69) is 36.2 Å². The van der Waals surface area contributed by atoms with Gasteiger partial charge in [0.15, 0.2) is 11.6 Å². The molecule has 25 heavy (non-hydrogen) atoms. The Morgan fingerprint density at radius 3 is 2.72 bits per heavy atom. The fraction of sp³-hybridized carbons (Fsp3) is 0.667. The third-order valence-electron chi connectivity index (χ3n) is 5.26. The van der Waals surface area contributed by atoms with Crippen LogP contribution >= 0.6 is 0 Å². The van der Waals surface area contributed by atoms with Gasteiger partial charge in [0.1, 0.15) is 0 Å². The molecule has 0 radical (unpaired) electrons. The van der Waals surface area contributed by atoms with Crippen LogP contribution in [0.25, 0.3) is 0 Å². The lowest BCUT2D eigenvalue weighted by atomic mass is 10.1. The fourth-order valence-corrected chi connectivity index (χ4v) is 3.79. The predicted molar refractivity (Wildman–Crippen MR) is 94.4 cm³/mol. The maximum Gasteiger partial charge on any atom is 0.240 e. The smallest absolute Gasteiger partial charge is 0.240 e. The number of hydrogen-bond donors (Lipinski definition) is 0. The summed E-state index contributed by atoms with van der Waals surface area (Å²) in [5.74, 6) is 3.15. The van der Waals surface area contributed by atoms with E-state index in [1.807, 2.05) is 13.0 Å². The Kier molecular flexibility index (Phi) is 4.92. The summed E-state index contributed by atoms with van der Waals surface area (Å²) in [7, 11) is 0. The molecule has 2 aromatic heterocycles. The van der Waals surface area contributed by atoms with E-state index >= 15 is 0 Å². The van der Waals surface area contributed by atoms with E-state index in [9.17, 15) is 0 Å². The third kappa shape index (κ3) is 3.98. The van der Waals surface area contributed by atoms with Gasteiger partial charge in [-0.15, -0.1) is 5.10 Å². The van der Waals surface area contributed by atoms with Crippen LogP contribution in [0.15, 0.2) is 16.7 Å². The third-order valence-corrected chi connectivity index (χ3v) is 5.26. The van der Waals surface area contributed by atoms with Crippen molar-refractivity contribution in [2.24, 2.45) is 0 Å². The van der Waals surface area contributed by atoms with Crippen molar-refractivity contribution in [1.29, 1.82) is 0 Å². The van der Waals surface area contributed by atoms with Crippen LogP contribution in [0.2, 0.25) is 0 Å². The molecular weight excluding hydrogens is 316 g/mol. The highest BCUT2D eigenvalue weighted by Gasteiger charge is 2.23. The SMILES string of the molecule is Cc1ccc(N2CCCN(Cc3nc(C4CCCC4)no3)CC2)nn1. The lowest BCUT2D eigenvalue weighted by molar-refractivity contribution is 0.239. The summed E-state index contributed by atoms with van der Waals surface area (Å²) in [6.45, 7) is 6.67. The molecular formula is C18H26N6O. The Balaban J connectivity index is 1.34. The first-order valence-electron chi connectivity index (χ1n) is 9.38. The van der Waals surface area contributed by atoms with Gasteiger partial charge in [0.05, 0.1) is 12.2 Å². The molecule has 0 unspecified atom stereocenters. The summed E-state index contributed by atoms with van der Waals surface area (Å²) in [6.07, 6.45) is 6.08. The zero-order valence-electron chi connectivity index (χ0n) is 14.9. The Bertz CT molecular complexity index is 679. The van der Waals surface area contributed by atoms with Gasteiger partial charge in [-0.2, -0.15) is 10.1 Å². The lowest BCUT2D eigenvalue weighted by Gasteiger charge is -2.21. The Morgan fingerprint density at radius 1 is 1.04 bits per heavy atom. The molecule has 0 N–H and O–H groups in total. The number of rotatable bonds is 4. The van der Waals surface area contributed by atoms with Crippen LogP contribution < -0.4 is 4.90 Å². The average molecular weight is 342 g/mol. The van der Waals surface area contributed by atoms with Crippen molar-refractivity contribution >= 4 is 5.82 Å². The van der Waals surface area contributed by atoms with Gasteiger partial charge in [-0.3, -0.25) is 4.90 Å². The molecule has 4 rings (SSSR count). The molecule has 7 nitrogen and oxygen atoms in total. The number of aromatic nitrogens is 4. The van der Waals surface area contributed by atoms with Gasteiger partial charge >= 0.3 is 0 Å². The maximum atomic E-state index is 5.51. The second-order valence-electron chi connectivity index (χ2n) is 7.18. The summed E-state index contributed by atoms with van der Waals surface area (Å²) in [5, 5.41) is 12.7. The van der Waals surface area contributed by atoms with Gasteiger partial charge in [0.25, 0.3) is 0 Å². The van der Waals surface area contributed by atoms with Gasteiger partial charge in [0.2, 0.25) is 5.89 Å². The molecule has 1 saturated heterocycles. The van der Waals surface area contributed by atoms with Crippen LogP contribution in [0.3, 0.4) is 0 Å². The highest BCUT2D eigenvalue weighted by molar-refractivity contribution is 5.37. The van der Waals surface area contributed by atoms with Crippen LogP contribution in [0.5, 0.6) is 0 Å². The lowest BCUT2D eigenvalue weighted by Crippen LogP contribution is -2.31. The van der Waals surface area contributed by atoms with E-state index in [0.717, 1.165) is 62.4 Å². The topological polar surface area (TPSA) is 71.2 Å². The molecule has 0 aromatic carbocycles. The van der Waals surface area contributed by atoms with Crippen molar-refractivity contribution in [2.45, 2.75) is 51.5 Å². The van der Waals surface area contributed by atoms with Gasteiger partial charge < -0.3 is 9.42 Å². The summed E-state index contributed by atoms with van der Waals surface area (Å²) in [4.78, 5) is 9.35. The first-order chi connectivity index (χ1) is 12.3. The quantitative estimate of drug-likeness (QED) is 0.845. The summed E-state index contributed by atoms with van der Waals surface area (Å²) in [6, 6.07) is 4.08. The first kappa shape index (κ1) is 16.4. The molecule has 0 bridgehead atoms. The van der Waals surface area contributed by atoms with Crippen molar-refractivity contribution in [3.63, 3.8) is 0 Å². The summed E-state index contributed by atoms with van der Waals surface area (Å²) >= 11 is 0. The largest absolute Gasteiger partial charge is 0.354 e. The van der Waals surface area contributed by atoms with Crippen molar-refractivity contribution in [1.82, 2.24) is 25.2 Å². The first-order valence-corrected chi connectivity index (χ1v) is 9.38. The average Bonchev–Trinajstić information content (AvgIpc) is 3.25. The second-order valence-corrected chi connectivity index (χ2v) is 7.18. The fourth-order valence-electron chi connectivity index (χ4n) is 3.79. The van der Waals surface area contributed by atoms with Gasteiger partial charge in [-0.05, 0) is 38.3 Å². The number of nitrogens with zero attached hydrogens (tertiary/aromatic N) is 6. The molecule has 2 aliphatic rings.